The summed E-state index contributed by atoms with van der Waals surface area (Å²) in [6.45, 7) is -0.456. The quantitative estimate of drug-likeness (QED) is 0.588. The van der Waals surface area contributed by atoms with Crippen molar-refractivity contribution in [3.05, 3.63) is 60.2 Å². The Balaban J connectivity index is 1.76. The fourth-order valence-electron chi connectivity index (χ4n) is 3.18. The fourth-order valence-corrected chi connectivity index (χ4v) is 4.55. The van der Waals surface area contributed by atoms with E-state index in [1.54, 1.807) is 12.1 Å². The highest BCUT2D eigenvalue weighted by atomic mass is 32.2. The highest BCUT2D eigenvalue weighted by Gasteiger charge is 2.34. The number of thiol groups is 1. The van der Waals surface area contributed by atoms with E-state index in [-0.39, 0.29) is 5.91 Å². The maximum absolute atomic E-state index is 13.1. The van der Waals surface area contributed by atoms with E-state index in [2.05, 4.69) is 17.9 Å². The lowest BCUT2D eigenvalue weighted by Gasteiger charge is -2.25. The summed E-state index contributed by atoms with van der Waals surface area (Å²) in [4.78, 5) is 39.3. The van der Waals surface area contributed by atoms with Crippen LogP contribution in [0.4, 0.5) is 5.69 Å². The second-order valence-corrected chi connectivity index (χ2v) is 8.15. The first-order valence-corrected chi connectivity index (χ1v) is 10.8. The van der Waals surface area contributed by atoms with Gasteiger partial charge in [-0.05, 0) is 24.1 Å². The average Bonchev–Trinajstić information content (AvgIpc) is 2.85. The molecule has 2 aromatic rings. The number of carbonyl (C=O) groups is 3. The molecule has 0 fully saturated rings. The van der Waals surface area contributed by atoms with Crippen molar-refractivity contribution in [1.29, 1.82) is 0 Å². The normalized spacial score (nSPS) is 17.2. The van der Waals surface area contributed by atoms with Crippen LogP contribution in [0.15, 0.2) is 59.5 Å². The van der Waals surface area contributed by atoms with E-state index in [4.69, 9.17) is 0 Å². The van der Waals surface area contributed by atoms with E-state index in [1.807, 2.05) is 42.5 Å². The molecule has 0 aliphatic carbocycles. The van der Waals surface area contributed by atoms with Gasteiger partial charge in [0.05, 0.1) is 11.6 Å². The monoisotopic (exact) mass is 430 g/mol. The molecule has 2 aromatic carbocycles. The maximum Gasteiger partial charge on any atom is 0.323 e. The molecule has 2 atom stereocenters. The zero-order chi connectivity index (χ0) is 20.8. The highest BCUT2D eigenvalue weighted by molar-refractivity contribution is 7.99. The molecule has 0 radical (unpaired) electrons. The molecule has 8 heteroatoms. The van der Waals surface area contributed by atoms with Crippen molar-refractivity contribution < 1.29 is 19.5 Å². The number of hydrogen-bond acceptors (Lipinski definition) is 5. The molecule has 3 rings (SSSR count). The molecule has 1 heterocycles. The molecular weight excluding hydrogens is 408 g/mol. The third-order valence-electron chi connectivity index (χ3n) is 4.65. The Morgan fingerprint density at radius 3 is 2.55 bits per heavy atom. The van der Waals surface area contributed by atoms with E-state index in [1.165, 1.54) is 16.7 Å². The second kappa shape index (κ2) is 9.84. The van der Waals surface area contributed by atoms with Gasteiger partial charge < -0.3 is 10.4 Å². The average molecular weight is 431 g/mol. The van der Waals surface area contributed by atoms with Gasteiger partial charge in [-0.15, -0.1) is 11.8 Å². The van der Waals surface area contributed by atoms with Gasteiger partial charge in [0.25, 0.3) is 5.91 Å². The van der Waals surface area contributed by atoms with Crippen LogP contribution in [0.2, 0.25) is 0 Å². The molecule has 0 aromatic heterocycles. The summed E-state index contributed by atoms with van der Waals surface area (Å²) in [5.41, 5.74) is 1.57. The molecule has 1 aliphatic rings. The van der Waals surface area contributed by atoms with Crippen LogP contribution < -0.4 is 10.2 Å². The van der Waals surface area contributed by atoms with Gasteiger partial charge in [-0.1, -0.05) is 42.5 Å². The van der Waals surface area contributed by atoms with Crippen LogP contribution in [0.25, 0.3) is 0 Å². The van der Waals surface area contributed by atoms with Gasteiger partial charge in [-0.25, -0.2) is 0 Å². The molecule has 0 bridgehead atoms. The molecule has 0 saturated carbocycles. The number of aliphatic carboxylic acids is 1. The molecule has 152 valence electrons. The van der Waals surface area contributed by atoms with Crippen LogP contribution >= 0.6 is 24.4 Å². The summed E-state index contributed by atoms with van der Waals surface area (Å²) in [6.07, 6.45) is 0.517. The van der Waals surface area contributed by atoms with Crippen LogP contribution in [0.3, 0.4) is 0 Å². The Kier molecular flexibility index (Phi) is 7.22. The second-order valence-electron chi connectivity index (χ2n) is 6.73. The number of carboxylic acid groups (broad SMARTS) is 1. The maximum atomic E-state index is 13.1. The van der Waals surface area contributed by atoms with Crippen LogP contribution in [-0.4, -0.2) is 47.0 Å². The minimum atomic E-state index is -1.11. The first-order valence-electron chi connectivity index (χ1n) is 9.19. The number of carboxylic acids is 1. The van der Waals surface area contributed by atoms with E-state index in [0.717, 1.165) is 10.5 Å². The van der Waals surface area contributed by atoms with E-state index in [9.17, 15) is 19.5 Å². The molecule has 6 nitrogen and oxygen atoms in total. The molecule has 1 aliphatic heterocycles. The molecule has 2 unspecified atom stereocenters. The molecule has 29 heavy (non-hydrogen) atoms. The fraction of sp³-hybridized carbons (Fsp3) is 0.286. The van der Waals surface area contributed by atoms with Crippen molar-refractivity contribution in [2.24, 2.45) is 5.92 Å². The van der Waals surface area contributed by atoms with Gasteiger partial charge in [0, 0.05) is 16.4 Å². The Morgan fingerprint density at radius 1 is 1.17 bits per heavy atom. The predicted octanol–water partition coefficient (Wildman–Crippen LogP) is 2.48. The van der Waals surface area contributed by atoms with Crippen molar-refractivity contribution in [3.63, 3.8) is 0 Å². The van der Waals surface area contributed by atoms with Crippen molar-refractivity contribution >= 4 is 47.9 Å². The number of nitrogens with zero attached hydrogens (tertiary/aromatic N) is 1. The van der Waals surface area contributed by atoms with Gasteiger partial charge in [0.15, 0.2) is 0 Å². The summed E-state index contributed by atoms with van der Waals surface area (Å²) >= 11 is 5.74. The number of fused-ring (bicyclic) bond motifs is 1. The molecule has 0 spiro atoms. The van der Waals surface area contributed by atoms with Gasteiger partial charge >= 0.3 is 5.97 Å². The predicted molar refractivity (Wildman–Crippen MR) is 117 cm³/mol. The van der Waals surface area contributed by atoms with Gasteiger partial charge in [-0.3, -0.25) is 19.3 Å². The lowest BCUT2D eigenvalue weighted by atomic mass is 10.00. The third kappa shape index (κ3) is 5.33. The van der Waals surface area contributed by atoms with Crippen LogP contribution in [-0.2, 0) is 20.8 Å². The first-order chi connectivity index (χ1) is 14.0. The lowest BCUT2D eigenvalue weighted by Crippen LogP contribution is -2.52. The molecule has 2 N–H and O–H groups in total. The number of para-hydroxylation sites is 1. The zero-order valence-electron chi connectivity index (χ0n) is 15.7. The number of anilines is 1. The molecule has 2 amide bonds. The zero-order valence-corrected chi connectivity index (χ0v) is 17.4. The Morgan fingerprint density at radius 2 is 1.86 bits per heavy atom. The third-order valence-corrected chi connectivity index (χ3v) is 6.25. The van der Waals surface area contributed by atoms with Crippen LogP contribution in [0.1, 0.15) is 5.56 Å². The number of nitrogens with one attached hydrogen (secondary N) is 1. The van der Waals surface area contributed by atoms with Crippen LogP contribution in [0, 0.1) is 5.92 Å². The van der Waals surface area contributed by atoms with E-state index in [0.29, 0.717) is 23.6 Å². The van der Waals surface area contributed by atoms with Crippen LogP contribution in [0.5, 0.6) is 0 Å². The van der Waals surface area contributed by atoms with E-state index >= 15 is 0 Å². The Hall–Kier alpha value is -2.45. The Bertz CT molecular complexity index is 891. The smallest absolute Gasteiger partial charge is 0.323 e. The lowest BCUT2D eigenvalue weighted by molar-refractivity contribution is -0.137. The standard InChI is InChI=1S/C21H22N2O4S2/c24-19(25)11-23-17-8-4-5-9-18(17)29-13-16(21(23)27)22-20(26)15(12-28)10-14-6-2-1-3-7-14/h1-9,15-16,28H,10-13H2,(H,22,26)(H,24,25). The number of benzene rings is 2. The summed E-state index contributed by atoms with van der Waals surface area (Å²) in [7, 11) is 0. The van der Waals surface area contributed by atoms with Gasteiger partial charge in [0.1, 0.15) is 12.6 Å². The number of thioether (sulfide) groups is 1. The van der Waals surface area contributed by atoms with Crippen molar-refractivity contribution in [3.8, 4) is 0 Å². The van der Waals surface area contributed by atoms with Gasteiger partial charge in [-0.2, -0.15) is 12.6 Å². The largest absolute Gasteiger partial charge is 0.480 e. The summed E-state index contributed by atoms with van der Waals surface area (Å²) < 4.78 is 0. The summed E-state index contributed by atoms with van der Waals surface area (Å²) in [5.74, 6) is -1.50. The topological polar surface area (TPSA) is 86.7 Å². The van der Waals surface area contributed by atoms with Gasteiger partial charge in [0.2, 0.25) is 5.91 Å². The first kappa shape index (κ1) is 21.3. The minimum absolute atomic E-state index is 0.260. The van der Waals surface area contributed by atoms with Crippen molar-refractivity contribution in [2.45, 2.75) is 17.4 Å². The molecule has 0 saturated heterocycles. The van der Waals surface area contributed by atoms with Crippen molar-refractivity contribution in [1.82, 2.24) is 5.32 Å². The number of amides is 2. The minimum Gasteiger partial charge on any atom is -0.480 e. The highest BCUT2D eigenvalue weighted by Crippen LogP contribution is 2.34. The number of carbonyl (C=O) groups excluding carboxylic acids is 2. The molecular formula is C21H22N2O4S2. The van der Waals surface area contributed by atoms with Crippen molar-refractivity contribution in [2.75, 3.05) is 23.0 Å². The number of hydrogen-bond donors (Lipinski definition) is 3. The number of rotatable bonds is 7. The SMILES string of the molecule is O=C(O)CN1C(=O)C(NC(=O)C(CS)Cc2ccccc2)CSc2ccccc21. The summed E-state index contributed by atoms with van der Waals surface area (Å²) in [6, 6.07) is 16.0. The summed E-state index contributed by atoms with van der Waals surface area (Å²) in [5, 5.41) is 12.1. The Labute approximate surface area is 179 Å². The van der Waals surface area contributed by atoms with E-state index < -0.39 is 30.4 Å².